The molecule has 0 atom stereocenters. The minimum atomic E-state index is -0.345. The maximum atomic E-state index is 11.9. The lowest BCUT2D eigenvalue weighted by atomic mass is 10.3. The van der Waals surface area contributed by atoms with Crippen molar-refractivity contribution in [2.75, 3.05) is 5.32 Å². The van der Waals surface area contributed by atoms with Crippen molar-refractivity contribution in [3.05, 3.63) is 49.6 Å². The topological polar surface area (TPSA) is 44.9 Å². The summed E-state index contributed by atoms with van der Waals surface area (Å²) in [5.41, 5.74) is 0.860. The summed E-state index contributed by atoms with van der Waals surface area (Å²) < 4.78 is 0.758. The summed E-state index contributed by atoms with van der Waals surface area (Å²) in [5, 5.41) is 3.72. The SMILES string of the molecule is O=C(Nc1ccc(Br)c(Cl)c1)c1cc(Cl)c(Cl)[nH]1. The van der Waals surface area contributed by atoms with Crippen LogP contribution < -0.4 is 5.32 Å². The molecule has 7 heteroatoms. The second kappa shape index (κ2) is 5.53. The lowest BCUT2D eigenvalue weighted by molar-refractivity contribution is 0.102. The highest BCUT2D eigenvalue weighted by molar-refractivity contribution is 9.10. The molecular formula is C11H6BrCl3N2O. The lowest BCUT2D eigenvalue weighted by Crippen LogP contribution is -2.12. The molecule has 0 saturated heterocycles. The van der Waals surface area contributed by atoms with Crippen molar-refractivity contribution in [2.45, 2.75) is 0 Å². The van der Waals surface area contributed by atoms with Crippen molar-refractivity contribution in [1.29, 1.82) is 0 Å². The van der Waals surface area contributed by atoms with E-state index in [1.54, 1.807) is 18.2 Å². The zero-order chi connectivity index (χ0) is 13.3. The third-order valence-electron chi connectivity index (χ3n) is 2.15. The summed E-state index contributed by atoms with van der Waals surface area (Å²) in [6, 6.07) is 6.56. The van der Waals surface area contributed by atoms with Crippen molar-refractivity contribution in [1.82, 2.24) is 4.98 Å². The molecule has 0 saturated carbocycles. The van der Waals surface area contributed by atoms with Gasteiger partial charge >= 0.3 is 0 Å². The van der Waals surface area contributed by atoms with E-state index in [1.165, 1.54) is 6.07 Å². The van der Waals surface area contributed by atoms with E-state index in [2.05, 4.69) is 26.2 Å². The second-order valence-electron chi connectivity index (χ2n) is 3.43. The number of aromatic amines is 1. The van der Waals surface area contributed by atoms with Crippen LogP contribution in [0.4, 0.5) is 5.69 Å². The van der Waals surface area contributed by atoms with Crippen LogP contribution in [0.3, 0.4) is 0 Å². The van der Waals surface area contributed by atoms with Gasteiger partial charge in [-0.3, -0.25) is 4.79 Å². The number of carbonyl (C=O) groups is 1. The minimum absolute atomic E-state index is 0.232. The molecular weight excluding hydrogens is 362 g/mol. The van der Waals surface area contributed by atoms with Gasteiger partial charge in [0, 0.05) is 10.2 Å². The number of nitrogens with one attached hydrogen (secondary N) is 2. The monoisotopic (exact) mass is 366 g/mol. The normalized spacial score (nSPS) is 10.4. The Morgan fingerprint density at radius 1 is 1.17 bits per heavy atom. The Morgan fingerprint density at radius 3 is 2.44 bits per heavy atom. The summed E-state index contributed by atoms with van der Waals surface area (Å²) in [5.74, 6) is -0.345. The van der Waals surface area contributed by atoms with E-state index in [0.717, 1.165) is 4.47 Å². The number of anilines is 1. The standard InChI is InChI=1S/C11H6BrCl3N2O/c12-6-2-1-5(3-7(6)13)16-11(18)9-4-8(14)10(15)17-9/h1-4,17H,(H,16,18). The van der Waals surface area contributed by atoms with Gasteiger partial charge in [0.25, 0.3) is 5.91 Å². The molecule has 0 aliphatic rings. The number of hydrogen-bond acceptors (Lipinski definition) is 1. The Balaban J connectivity index is 2.18. The summed E-state index contributed by atoms with van der Waals surface area (Å²) in [7, 11) is 0. The molecule has 1 aromatic heterocycles. The molecule has 0 radical (unpaired) electrons. The van der Waals surface area contributed by atoms with Crippen LogP contribution in [0.15, 0.2) is 28.7 Å². The van der Waals surface area contributed by atoms with E-state index in [0.29, 0.717) is 15.7 Å². The molecule has 0 aliphatic carbocycles. The third kappa shape index (κ3) is 3.01. The largest absolute Gasteiger partial charge is 0.340 e. The molecule has 0 fully saturated rings. The molecule has 94 valence electrons. The van der Waals surface area contributed by atoms with Gasteiger partial charge in [0.1, 0.15) is 10.8 Å². The molecule has 18 heavy (non-hydrogen) atoms. The van der Waals surface area contributed by atoms with Gasteiger partial charge in [-0.05, 0) is 40.2 Å². The van der Waals surface area contributed by atoms with Crippen LogP contribution in [-0.2, 0) is 0 Å². The Morgan fingerprint density at radius 2 is 1.89 bits per heavy atom. The van der Waals surface area contributed by atoms with Gasteiger partial charge in [-0.25, -0.2) is 0 Å². The lowest BCUT2D eigenvalue weighted by Gasteiger charge is -2.05. The summed E-state index contributed by atoms with van der Waals surface area (Å²) in [6.45, 7) is 0. The number of halogens is 4. The Bertz CT molecular complexity index is 593. The number of rotatable bonds is 2. The van der Waals surface area contributed by atoms with Crippen LogP contribution in [0.2, 0.25) is 15.2 Å². The minimum Gasteiger partial charge on any atom is -0.340 e. The van der Waals surface area contributed by atoms with E-state index >= 15 is 0 Å². The van der Waals surface area contributed by atoms with Gasteiger partial charge in [-0.1, -0.05) is 34.8 Å². The molecule has 0 bridgehead atoms. The van der Waals surface area contributed by atoms with Crippen molar-refractivity contribution >= 4 is 62.3 Å². The Labute approximate surface area is 127 Å². The number of aromatic nitrogens is 1. The van der Waals surface area contributed by atoms with E-state index in [-0.39, 0.29) is 16.8 Å². The smallest absolute Gasteiger partial charge is 0.272 e. The quantitative estimate of drug-likeness (QED) is 0.771. The fraction of sp³-hybridized carbons (Fsp3) is 0. The number of carbonyl (C=O) groups excluding carboxylic acids is 1. The molecule has 3 nitrogen and oxygen atoms in total. The predicted molar refractivity (Wildman–Crippen MR) is 77.9 cm³/mol. The highest BCUT2D eigenvalue weighted by atomic mass is 79.9. The maximum Gasteiger partial charge on any atom is 0.272 e. The molecule has 1 heterocycles. The van der Waals surface area contributed by atoms with Crippen LogP contribution in [0.25, 0.3) is 0 Å². The number of H-pyrrole nitrogens is 1. The van der Waals surface area contributed by atoms with Crippen LogP contribution in [0.5, 0.6) is 0 Å². The fourth-order valence-electron chi connectivity index (χ4n) is 1.30. The van der Waals surface area contributed by atoms with Crippen molar-refractivity contribution in [3.63, 3.8) is 0 Å². The van der Waals surface area contributed by atoms with Gasteiger partial charge < -0.3 is 10.3 Å². The highest BCUT2D eigenvalue weighted by Crippen LogP contribution is 2.26. The van der Waals surface area contributed by atoms with E-state index < -0.39 is 0 Å². The molecule has 2 rings (SSSR count). The Kier molecular flexibility index (Phi) is 4.22. The van der Waals surface area contributed by atoms with Crippen molar-refractivity contribution < 1.29 is 4.79 Å². The van der Waals surface area contributed by atoms with Gasteiger partial charge in [0.15, 0.2) is 0 Å². The summed E-state index contributed by atoms with van der Waals surface area (Å²) in [6.07, 6.45) is 0. The molecule has 2 aromatic rings. The highest BCUT2D eigenvalue weighted by Gasteiger charge is 2.12. The predicted octanol–water partition coefficient (Wildman–Crippen LogP) is 4.99. The first-order valence-corrected chi connectivity index (χ1v) is 6.70. The number of benzene rings is 1. The van der Waals surface area contributed by atoms with E-state index in [1.807, 2.05) is 0 Å². The van der Waals surface area contributed by atoms with Crippen molar-refractivity contribution in [2.24, 2.45) is 0 Å². The van der Waals surface area contributed by atoms with Crippen LogP contribution in [-0.4, -0.2) is 10.9 Å². The van der Waals surface area contributed by atoms with Gasteiger partial charge in [-0.2, -0.15) is 0 Å². The zero-order valence-corrected chi connectivity index (χ0v) is 12.6. The first-order chi connectivity index (χ1) is 8.47. The van der Waals surface area contributed by atoms with Gasteiger partial charge in [-0.15, -0.1) is 0 Å². The molecule has 1 amide bonds. The van der Waals surface area contributed by atoms with Crippen molar-refractivity contribution in [3.8, 4) is 0 Å². The molecule has 2 N–H and O–H groups in total. The Hall–Kier alpha value is -0.680. The average molecular weight is 368 g/mol. The number of hydrogen-bond donors (Lipinski definition) is 2. The maximum absolute atomic E-state index is 11.9. The fourth-order valence-corrected chi connectivity index (χ4v) is 2.04. The van der Waals surface area contributed by atoms with Crippen LogP contribution >= 0.6 is 50.7 Å². The first-order valence-electron chi connectivity index (χ1n) is 4.78. The van der Waals surface area contributed by atoms with E-state index in [4.69, 9.17) is 34.8 Å². The van der Waals surface area contributed by atoms with Crippen LogP contribution in [0, 0.1) is 0 Å². The zero-order valence-electron chi connectivity index (χ0n) is 8.73. The average Bonchev–Trinajstić information content (AvgIpc) is 2.65. The van der Waals surface area contributed by atoms with Crippen LogP contribution in [0.1, 0.15) is 10.5 Å². The molecule has 0 spiro atoms. The van der Waals surface area contributed by atoms with E-state index in [9.17, 15) is 4.79 Å². The molecule has 0 aliphatic heterocycles. The third-order valence-corrected chi connectivity index (χ3v) is 4.07. The molecule has 0 unspecified atom stereocenters. The van der Waals surface area contributed by atoms with Gasteiger partial charge in [0.2, 0.25) is 0 Å². The summed E-state index contributed by atoms with van der Waals surface area (Å²) >= 11 is 20.7. The molecule has 1 aromatic carbocycles. The summed E-state index contributed by atoms with van der Waals surface area (Å²) in [4.78, 5) is 14.5. The second-order valence-corrected chi connectivity index (χ2v) is 5.47. The number of amides is 1. The first kappa shape index (κ1) is 13.7. The van der Waals surface area contributed by atoms with Gasteiger partial charge in [0.05, 0.1) is 10.0 Å².